The molecule has 1 atom stereocenters. The Kier molecular flexibility index (Phi) is 10.5. The van der Waals surface area contributed by atoms with Gasteiger partial charge in [0, 0.05) is 19.6 Å². The van der Waals surface area contributed by atoms with Gasteiger partial charge < -0.3 is 15.5 Å². The second-order valence-electron chi connectivity index (χ2n) is 8.34. The predicted molar refractivity (Wildman–Crippen MR) is 122 cm³/mol. The van der Waals surface area contributed by atoms with Gasteiger partial charge in [0.25, 0.3) is 0 Å². The molecule has 0 bridgehead atoms. The minimum atomic E-state index is -0.0167. The Labute approximate surface area is 182 Å². The third kappa shape index (κ3) is 6.77. The van der Waals surface area contributed by atoms with Gasteiger partial charge in [-0.05, 0) is 49.2 Å². The average Bonchev–Trinajstić information content (AvgIpc) is 3.05. The van der Waals surface area contributed by atoms with Crippen LogP contribution in [0.2, 0.25) is 0 Å². The fourth-order valence-electron chi connectivity index (χ4n) is 4.23. The van der Waals surface area contributed by atoms with E-state index in [0.717, 1.165) is 32.6 Å². The molecular formula is C22H35Cl2N3O. The normalized spacial score (nSPS) is 20.8. The molecule has 2 aliphatic heterocycles. The van der Waals surface area contributed by atoms with Crippen LogP contribution in [0.4, 0.5) is 0 Å². The summed E-state index contributed by atoms with van der Waals surface area (Å²) in [5, 5.41) is 6.98. The summed E-state index contributed by atoms with van der Waals surface area (Å²) in [7, 11) is 0. The average molecular weight is 428 g/mol. The summed E-state index contributed by atoms with van der Waals surface area (Å²) in [6, 6.07) is 10.3. The Balaban J connectivity index is 0.00000196. The first-order chi connectivity index (χ1) is 12.6. The van der Waals surface area contributed by atoms with E-state index in [4.69, 9.17) is 0 Å². The molecule has 0 aromatic heterocycles. The zero-order chi connectivity index (χ0) is 18.4. The van der Waals surface area contributed by atoms with Crippen LogP contribution in [-0.2, 0) is 4.79 Å². The van der Waals surface area contributed by atoms with Crippen molar-refractivity contribution in [3.8, 4) is 0 Å². The number of nitrogens with one attached hydrogen (secondary N) is 2. The monoisotopic (exact) mass is 427 g/mol. The molecule has 1 amide bonds. The van der Waals surface area contributed by atoms with Crippen molar-refractivity contribution in [3.63, 3.8) is 0 Å². The molecule has 158 valence electrons. The second-order valence-corrected chi connectivity index (χ2v) is 8.34. The van der Waals surface area contributed by atoms with E-state index in [2.05, 4.69) is 48.8 Å². The molecule has 0 saturated carbocycles. The highest BCUT2D eigenvalue weighted by Crippen LogP contribution is 2.37. The van der Waals surface area contributed by atoms with Gasteiger partial charge >= 0.3 is 0 Å². The first-order valence-electron chi connectivity index (χ1n) is 10.0. The largest absolute Gasteiger partial charge is 0.337 e. The molecule has 6 heteroatoms. The molecule has 28 heavy (non-hydrogen) atoms. The van der Waals surface area contributed by atoms with E-state index in [9.17, 15) is 4.79 Å². The van der Waals surface area contributed by atoms with Gasteiger partial charge in [-0.1, -0.05) is 56.3 Å². The van der Waals surface area contributed by atoms with Crippen molar-refractivity contribution < 1.29 is 4.79 Å². The van der Waals surface area contributed by atoms with Crippen LogP contribution in [-0.4, -0.2) is 49.6 Å². The van der Waals surface area contributed by atoms with Crippen molar-refractivity contribution >= 4 is 36.8 Å². The van der Waals surface area contributed by atoms with Gasteiger partial charge in [0.1, 0.15) is 0 Å². The van der Waals surface area contributed by atoms with E-state index in [1.807, 2.05) is 23.1 Å². The lowest BCUT2D eigenvalue weighted by Crippen LogP contribution is -2.45. The number of carbonyl (C=O) groups excluding carboxylic acids is 1. The van der Waals surface area contributed by atoms with E-state index in [0.29, 0.717) is 17.9 Å². The Morgan fingerprint density at radius 3 is 2.54 bits per heavy atom. The summed E-state index contributed by atoms with van der Waals surface area (Å²) in [6.07, 6.45) is 7.58. The molecule has 1 spiro atoms. The molecule has 0 aliphatic carbocycles. The highest BCUT2D eigenvalue weighted by Gasteiger charge is 2.43. The van der Waals surface area contributed by atoms with Crippen molar-refractivity contribution in [2.75, 3.05) is 32.7 Å². The molecule has 1 unspecified atom stereocenters. The summed E-state index contributed by atoms with van der Waals surface area (Å²) >= 11 is 0. The van der Waals surface area contributed by atoms with Gasteiger partial charge in [-0.3, -0.25) is 4.79 Å². The molecule has 0 radical (unpaired) electrons. The maximum absolute atomic E-state index is 13.2. The number of rotatable bonds is 6. The van der Waals surface area contributed by atoms with E-state index >= 15 is 0 Å². The number of hydrogen-bond acceptors (Lipinski definition) is 3. The van der Waals surface area contributed by atoms with Crippen LogP contribution in [0.25, 0.3) is 6.08 Å². The third-order valence-corrected chi connectivity index (χ3v) is 5.66. The van der Waals surface area contributed by atoms with Crippen molar-refractivity contribution in [2.45, 2.75) is 39.2 Å². The fraction of sp³-hybridized carbons (Fsp3) is 0.591. The molecule has 4 nitrogen and oxygen atoms in total. The lowest BCUT2D eigenvalue weighted by molar-refractivity contribution is -0.133. The van der Waals surface area contributed by atoms with Gasteiger partial charge in [-0.15, -0.1) is 24.8 Å². The molecule has 1 aromatic carbocycles. The molecule has 2 heterocycles. The highest BCUT2D eigenvalue weighted by atomic mass is 35.5. The summed E-state index contributed by atoms with van der Waals surface area (Å²) in [5.41, 5.74) is 1.51. The number of hydrogen-bond donors (Lipinski definition) is 2. The van der Waals surface area contributed by atoms with Crippen molar-refractivity contribution in [2.24, 2.45) is 11.3 Å². The number of nitrogens with zero attached hydrogens (tertiary/aromatic N) is 1. The topological polar surface area (TPSA) is 44.4 Å². The number of benzene rings is 1. The lowest BCUT2D eigenvalue weighted by atomic mass is 9.77. The van der Waals surface area contributed by atoms with Crippen LogP contribution in [0.5, 0.6) is 0 Å². The SMILES string of the molecule is CC(C)CN(C/C=C/c1ccccc1)C(=O)C1CC2(CCNCC2)CN1.Cl.Cl. The molecule has 3 rings (SSSR count). The van der Waals surface area contributed by atoms with Crippen LogP contribution in [0, 0.1) is 11.3 Å². The standard InChI is InChI=1S/C22H33N3O.2ClH/c1-18(2)16-25(14-6-9-19-7-4-3-5-8-19)21(26)20-15-22(17-24-20)10-12-23-13-11-22;;/h3-9,18,20,23-24H,10-17H2,1-2H3;2*1H/b9-6+;;. The minimum Gasteiger partial charge on any atom is -0.337 e. The molecule has 2 aliphatic rings. The summed E-state index contributed by atoms with van der Waals surface area (Å²) in [4.78, 5) is 15.2. The fourth-order valence-corrected chi connectivity index (χ4v) is 4.23. The van der Waals surface area contributed by atoms with Crippen LogP contribution in [0.1, 0.15) is 38.7 Å². The van der Waals surface area contributed by atoms with Gasteiger partial charge in [0.2, 0.25) is 5.91 Å². The summed E-state index contributed by atoms with van der Waals surface area (Å²) < 4.78 is 0. The van der Waals surface area contributed by atoms with Crippen molar-refractivity contribution in [3.05, 3.63) is 42.0 Å². The zero-order valence-electron chi connectivity index (χ0n) is 17.0. The van der Waals surface area contributed by atoms with Crippen LogP contribution in [0.3, 0.4) is 0 Å². The molecule has 2 N–H and O–H groups in total. The van der Waals surface area contributed by atoms with Crippen molar-refractivity contribution in [1.29, 1.82) is 0 Å². The Morgan fingerprint density at radius 1 is 1.21 bits per heavy atom. The van der Waals surface area contributed by atoms with Gasteiger partial charge in [0.05, 0.1) is 6.04 Å². The smallest absolute Gasteiger partial charge is 0.240 e. The molecule has 2 fully saturated rings. The van der Waals surface area contributed by atoms with E-state index in [-0.39, 0.29) is 36.8 Å². The minimum absolute atomic E-state index is 0. The van der Waals surface area contributed by atoms with Gasteiger partial charge in [-0.2, -0.15) is 0 Å². The first-order valence-corrected chi connectivity index (χ1v) is 10.0. The van der Waals surface area contributed by atoms with Crippen LogP contribution >= 0.6 is 24.8 Å². The Hall–Kier alpha value is -1.07. The van der Waals surface area contributed by atoms with E-state index in [1.165, 1.54) is 18.4 Å². The van der Waals surface area contributed by atoms with Gasteiger partial charge in [0.15, 0.2) is 0 Å². The maximum Gasteiger partial charge on any atom is 0.240 e. The van der Waals surface area contributed by atoms with Crippen LogP contribution in [0.15, 0.2) is 36.4 Å². The lowest BCUT2D eigenvalue weighted by Gasteiger charge is -2.33. The van der Waals surface area contributed by atoms with Crippen molar-refractivity contribution in [1.82, 2.24) is 15.5 Å². The number of carbonyl (C=O) groups is 1. The maximum atomic E-state index is 13.2. The Morgan fingerprint density at radius 2 is 1.89 bits per heavy atom. The quantitative estimate of drug-likeness (QED) is 0.725. The van der Waals surface area contributed by atoms with E-state index < -0.39 is 0 Å². The predicted octanol–water partition coefficient (Wildman–Crippen LogP) is 3.76. The highest BCUT2D eigenvalue weighted by molar-refractivity contribution is 5.85. The molecule has 2 saturated heterocycles. The first kappa shape index (κ1) is 25.0. The number of halogens is 2. The Bertz CT molecular complexity index is 615. The molecular weight excluding hydrogens is 393 g/mol. The summed E-state index contributed by atoms with van der Waals surface area (Å²) in [6.45, 7) is 9.00. The second kappa shape index (κ2) is 11.8. The number of piperidine rings is 1. The third-order valence-electron chi connectivity index (χ3n) is 5.66. The summed E-state index contributed by atoms with van der Waals surface area (Å²) in [5.74, 6) is 0.741. The molecule has 1 aromatic rings. The van der Waals surface area contributed by atoms with Crippen LogP contribution < -0.4 is 10.6 Å². The van der Waals surface area contributed by atoms with Gasteiger partial charge in [-0.25, -0.2) is 0 Å². The zero-order valence-corrected chi connectivity index (χ0v) is 18.7. The number of amides is 1. The van der Waals surface area contributed by atoms with E-state index in [1.54, 1.807) is 0 Å².